The molecular formula is C14H22N2O2. The third-order valence-corrected chi connectivity index (χ3v) is 3.19. The number of benzene rings is 1. The quantitative estimate of drug-likeness (QED) is 0.890. The molecule has 4 nitrogen and oxygen atoms in total. The van der Waals surface area contributed by atoms with E-state index >= 15 is 0 Å². The van der Waals surface area contributed by atoms with Crippen molar-refractivity contribution in [1.82, 2.24) is 0 Å². The van der Waals surface area contributed by atoms with Crippen LogP contribution in [0.15, 0.2) is 12.1 Å². The van der Waals surface area contributed by atoms with Crippen molar-refractivity contribution < 1.29 is 9.47 Å². The Hall–Kier alpha value is -1.42. The zero-order valence-electron chi connectivity index (χ0n) is 11.6. The Labute approximate surface area is 109 Å². The summed E-state index contributed by atoms with van der Waals surface area (Å²) in [5.41, 5.74) is 8.24. The van der Waals surface area contributed by atoms with E-state index < -0.39 is 0 Å². The van der Waals surface area contributed by atoms with Gasteiger partial charge >= 0.3 is 0 Å². The number of nitrogens with zero attached hydrogens (tertiary/aromatic N) is 1. The van der Waals surface area contributed by atoms with Crippen molar-refractivity contribution in [1.29, 1.82) is 0 Å². The zero-order chi connectivity index (χ0) is 13.3. The summed E-state index contributed by atoms with van der Waals surface area (Å²) in [4.78, 5) is 2.21. The molecule has 0 aliphatic carbocycles. The van der Waals surface area contributed by atoms with Gasteiger partial charge in [0.1, 0.15) is 0 Å². The molecule has 18 heavy (non-hydrogen) atoms. The molecule has 0 radical (unpaired) electrons. The normalized spacial score (nSPS) is 13.8. The third kappa shape index (κ3) is 2.88. The summed E-state index contributed by atoms with van der Waals surface area (Å²) in [5, 5.41) is 0. The summed E-state index contributed by atoms with van der Waals surface area (Å²) in [7, 11) is 2.08. The van der Waals surface area contributed by atoms with Crippen LogP contribution in [-0.4, -0.2) is 25.9 Å². The van der Waals surface area contributed by atoms with Gasteiger partial charge in [-0.05, 0) is 38.8 Å². The van der Waals surface area contributed by atoms with Gasteiger partial charge in [-0.2, -0.15) is 0 Å². The van der Waals surface area contributed by atoms with Crippen LogP contribution in [-0.2, 0) is 0 Å². The molecular weight excluding hydrogens is 228 g/mol. The standard InChI is InChI=1S/C14H22N2O2/c1-10-7-12-13(18-9-17-12)8-11(10)16(4)6-5-14(2,3)15/h7-8H,5-6,9,15H2,1-4H3. The highest BCUT2D eigenvalue weighted by Gasteiger charge is 2.18. The van der Waals surface area contributed by atoms with Gasteiger partial charge in [-0.25, -0.2) is 0 Å². The Kier molecular flexibility index (Phi) is 3.39. The number of fused-ring (bicyclic) bond motifs is 1. The first-order chi connectivity index (χ1) is 8.37. The van der Waals surface area contributed by atoms with Crippen LogP contribution in [0, 0.1) is 6.92 Å². The molecule has 1 heterocycles. The molecule has 0 saturated heterocycles. The smallest absolute Gasteiger partial charge is 0.231 e. The predicted octanol–water partition coefficient (Wildman–Crippen LogP) is 2.29. The molecule has 0 spiro atoms. The van der Waals surface area contributed by atoms with Crippen molar-refractivity contribution in [3.8, 4) is 11.5 Å². The Bertz CT molecular complexity index is 438. The second kappa shape index (κ2) is 4.69. The first-order valence-electron chi connectivity index (χ1n) is 6.27. The van der Waals surface area contributed by atoms with Crippen molar-refractivity contribution in [3.05, 3.63) is 17.7 Å². The SMILES string of the molecule is Cc1cc2c(cc1N(C)CCC(C)(C)N)OCO2. The van der Waals surface area contributed by atoms with E-state index in [1.807, 2.05) is 26.0 Å². The van der Waals surface area contributed by atoms with Gasteiger partial charge in [0.2, 0.25) is 6.79 Å². The van der Waals surface area contributed by atoms with E-state index in [0.717, 1.165) is 24.5 Å². The molecule has 1 aliphatic rings. The molecule has 1 aromatic rings. The maximum absolute atomic E-state index is 6.02. The minimum Gasteiger partial charge on any atom is -0.454 e. The Morgan fingerprint density at radius 3 is 2.50 bits per heavy atom. The lowest BCUT2D eigenvalue weighted by molar-refractivity contribution is 0.174. The Morgan fingerprint density at radius 2 is 1.89 bits per heavy atom. The second-order valence-electron chi connectivity index (χ2n) is 5.65. The number of hydrogen-bond donors (Lipinski definition) is 1. The van der Waals surface area contributed by atoms with Gasteiger partial charge in [-0.1, -0.05) is 0 Å². The summed E-state index contributed by atoms with van der Waals surface area (Å²) >= 11 is 0. The van der Waals surface area contributed by atoms with Crippen LogP contribution in [0.5, 0.6) is 11.5 Å². The molecule has 2 N–H and O–H groups in total. The van der Waals surface area contributed by atoms with E-state index in [1.54, 1.807) is 0 Å². The topological polar surface area (TPSA) is 47.7 Å². The summed E-state index contributed by atoms with van der Waals surface area (Å²) in [6, 6.07) is 4.07. The Morgan fingerprint density at radius 1 is 1.28 bits per heavy atom. The minimum absolute atomic E-state index is 0.140. The second-order valence-corrected chi connectivity index (χ2v) is 5.65. The van der Waals surface area contributed by atoms with Gasteiger partial charge in [-0.15, -0.1) is 0 Å². The monoisotopic (exact) mass is 250 g/mol. The van der Waals surface area contributed by atoms with Crippen LogP contribution in [0.1, 0.15) is 25.8 Å². The number of aryl methyl sites for hydroxylation is 1. The fraction of sp³-hybridized carbons (Fsp3) is 0.571. The third-order valence-electron chi connectivity index (χ3n) is 3.19. The van der Waals surface area contributed by atoms with Gasteiger partial charge in [0.15, 0.2) is 11.5 Å². The number of rotatable bonds is 4. The van der Waals surface area contributed by atoms with Crippen LogP contribution in [0.3, 0.4) is 0 Å². The van der Waals surface area contributed by atoms with E-state index in [4.69, 9.17) is 15.2 Å². The van der Waals surface area contributed by atoms with E-state index in [9.17, 15) is 0 Å². The molecule has 0 fully saturated rings. The van der Waals surface area contributed by atoms with E-state index in [0.29, 0.717) is 6.79 Å². The van der Waals surface area contributed by atoms with Gasteiger partial charge in [0.05, 0.1) is 0 Å². The number of hydrogen-bond acceptors (Lipinski definition) is 4. The maximum Gasteiger partial charge on any atom is 0.231 e. The lowest BCUT2D eigenvalue weighted by atomic mass is 10.0. The van der Waals surface area contributed by atoms with Gasteiger partial charge in [0, 0.05) is 30.9 Å². The van der Waals surface area contributed by atoms with Crippen molar-refractivity contribution in [3.63, 3.8) is 0 Å². The lowest BCUT2D eigenvalue weighted by Gasteiger charge is -2.26. The molecule has 0 atom stereocenters. The van der Waals surface area contributed by atoms with Crippen molar-refractivity contribution in [2.24, 2.45) is 5.73 Å². The summed E-state index contributed by atoms with van der Waals surface area (Å²) in [5.74, 6) is 1.67. The fourth-order valence-corrected chi connectivity index (χ4v) is 2.02. The van der Waals surface area contributed by atoms with Crippen LogP contribution in [0.2, 0.25) is 0 Å². The molecule has 0 amide bonds. The van der Waals surface area contributed by atoms with Gasteiger partial charge in [0.25, 0.3) is 0 Å². The van der Waals surface area contributed by atoms with Crippen molar-refractivity contribution in [2.45, 2.75) is 32.7 Å². The molecule has 100 valence electrons. The molecule has 0 aromatic heterocycles. The van der Waals surface area contributed by atoms with Crippen LogP contribution < -0.4 is 20.1 Å². The average molecular weight is 250 g/mol. The molecule has 0 saturated carbocycles. The largest absolute Gasteiger partial charge is 0.454 e. The molecule has 1 aromatic carbocycles. The number of ether oxygens (including phenoxy) is 2. The average Bonchev–Trinajstić information content (AvgIpc) is 2.70. The summed E-state index contributed by atoms with van der Waals surface area (Å²) in [6.45, 7) is 7.42. The molecule has 2 rings (SSSR count). The van der Waals surface area contributed by atoms with Crippen LogP contribution >= 0.6 is 0 Å². The van der Waals surface area contributed by atoms with Crippen LogP contribution in [0.25, 0.3) is 0 Å². The molecule has 0 unspecified atom stereocenters. The highest BCUT2D eigenvalue weighted by atomic mass is 16.7. The van der Waals surface area contributed by atoms with E-state index in [1.165, 1.54) is 11.3 Å². The molecule has 1 aliphatic heterocycles. The lowest BCUT2D eigenvalue weighted by Crippen LogP contribution is -2.36. The molecule has 4 heteroatoms. The highest BCUT2D eigenvalue weighted by Crippen LogP contribution is 2.37. The summed E-state index contributed by atoms with van der Waals surface area (Å²) < 4.78 is 10.8. The summed E-state index contributed by atoms with van der Waals surface area (Å²) in [6.07, 6.45) is 0.942. The first kappa shape index (κ1) is 13.0. The van der Waals surface area contributed by atoms with Gasteiger partial charge < -0.3 is 20.1 Å². The predicted molar refractivity (Wildman–Crippen MR) is 73.5 cm³/mol. The van der Waals surface area contributed by atoms with Crippen molar-refractivity contribution in [2.75, 3.05) is 25.3 Å². The van der Waals surface area contributed by atoms with Crippen LogP contribution in [0.4, 0.5) is 5.69 Å². The first-order valence-corrected chi connectivity index (χ1v) is 6.27. The van der Waals surface area contributed by atoms with Crippen molar-refractivity contribution >= 4 is 5.69 Å². The zero-order valence-corrected chi connectivity index (χ0v) is 11.6. The number of anilines is 1. The minimum atomic E-state index is -0.140. The fourth-order valence-electron chi connectivity index (χ4n) is 2.02. The number of nitrogens with two attached hydrogens (primary N) is 1. The van der Waals surface area contributed by atoms with E-state index in [2.05, 4.69) is 18.9 Å². The maximum atomic E-state index is 6.02. The highest BCUT2D eigenvalue weighted by molar-refractivity contribution is 5.61. The Balaban J connectivity index is 2.13. The van der Waals surface area contributed by atoms with E-state index in [-0.39, 0.29) is 5.54 Å². The molecule has 0 bridgehead atoms. The van der Waals surface area contributed by atoms with Gasteiger partial charge in [-0.3, -0.25) is 0 Å².